The van der Waals surface area contributed by atoms with E-state index in [4.69, 9.17) is 0 Å². The molecule has 1 fully saturated rings. The summed E-state index contributed by atoms with van der Waals surface area (Å²) in [5.41, 5.74) is 1.68. The Morgan fingerprint density at radius 2 is 1.89 bits per heavy atom. The van der Waals surface area contributed by atoms with Crippen molar-refractivity contribution in [1.82, 2.24) is 5.32 Å². The first-order valence-electron chi connectivity index (χ1n) is 7.93. The van der Waals surface area contributed by atoms with Crippen molar-refractivity contribution in [3.05, 3.63) is 35.9 Å². The summed E-state index contributed by atoms with van der Waals surface area (Å²) in [6.45, 7) is 8.18. The lowest BCUT2D eigenvalue weighted by Gasteiger charge is -2.40. The summed E-state index contributed by atoms with van der Waals surface area (Å²) in [6, 6.07) is 11.6. The lowest BCUT2D eigenvalue weighted by Crippen LogP contribution is -2.46. The standard InChI is InChI=1S/C18H29N/c1-4-13-19-17(14-15-9-8-10-15)18(2,3)16-11-6-5-7-12-16/h5-7,11-12,15,17,19H,4,8-10,13-14H2,1-3H3. The molecule has 106 valence electrons. The molecule has 1 unspecified atom stereocenters. The molecular formula is C18H29N. The molecule has 0 bridgehead atoms. The molecule has 1 N–H and O–H groups in total. The maximum Gasteiger partial charge on any atom is 0.0161 e. The minimum atomic E-state index is 0.214. The lowest BCUT2D eigenvalue weighted by atomic mass is 9.71. The molecule has 1 aliphatic rings. The van der Waals surface area contributed by atoms with E-state index >= 15 is 0 Å². The van der Waals surface area contributed by atoms with E-state index in [1.54, 1.807) is 0 Å². The van der Waals surface area contributed by atoms with Gasteiger partial charge in [-0.1, -0.05) is 70.4 Å². The SMILES string of the molecule is CCCNC(CC1CCC1)C(C)(C)c1ccccc1. The summed E-state index contributed by atoms with van der Waals surface area (Å²) in [7, 11) is 0. The molecule has 1 aromatic rings. The fraction of sp³-hybridized carbons (Fsp3) is 0.667. The van der Waals surface area contributed by atoms with Crippen LogP contribution in [0.25, 0.3) is 0 Å². The molecule has 1 saturated carbocycles. The fourth-order valence-corrected chi connectivity index (χ4v) is 3.08. The van der Waals surface area contributed by atoms with Gasteiger partial charge in [-0.2, -0.15) is 0 Å². The molecule has 1 aliphatic carbocycles. The molecule has 1 heteroatoms. The first-order chi connectivity index (χ1) is 9.14. The summed E-state index contributed by atoms with van der Waals surface area (Å²) < 4.78 is 0. The predicted molar refractivity (Wildman–Crippen MR) is 83.5 cm³/mol. The number of rotatable bonds is 7. The van der Waals surface area contributed by atoms with Gasteiger partial charge in [-0.3, -0.25) is 0 Å². The van der Waals surface area contributed by atoms with Crippen molar-refractivity contribution in [1.29, 1.82) is 0 Å². The Kier molecular flexibility index (Phi) is 5.04. The second-order valence-electron chi connectivity index (χ2n) is 6.63. The highest BCUT2D eigenvalue weighted by atomic mass is 14.9. The monoisotopic (exact) mass is 259 g/mol. The third-order valence-corrected chi connectivity index (χ3v) is 4.82. The molecular weight excluding hydrogens is 230 g/mol. The summed E-state index contributed by atoms with van der Waals surface area (Å²) in [6.07, 6.45) is 6.87. The summed E-state index contributed by atoms with van der Waals surface area (Å²) >= 11 is 0. The van der Waals surface area contributed by atoms with E-state index in [2.05, 4.69) is 56.4 Å². The molecule has 1 nitrogen and oxygen atoms in total. The summed E-state index contributed by atoms with van der Waals surface area (Å²) in [4.78, 5) is 0. The second kappa shape index (κ2) is 6.56. The Morgan fingerprint density at radius 1 is 1.21 bits per heavy atom. The van der Waals surface area contributed by atoms with Crippen molar-refractivity contribution >= 4 is 0 Å². The Labute approximate surface area is 118 Å². The van der Waals surface area contributed by atoms with Crippen molar-refractivity contribution in [3.63, 3.8) is 0 Å². The van der Waals surface area contributed by atoms with Crippen molar-refractivity contribution in [2.24, 2.45) is 5.92 Å². The molecule has 0 saturated heterocycles. The third kappa shape index (κ3) is 3.60. The third-order valence-electron chi connectivity index (χ3n) is 4.82. The van der Waals surface area contributed by atoms with Crippen molar-refractivity contribution in [3.8, 4) is 0 Å². The highest BCUT2D eigenvalue weighted by Crippen LogP contribution is 2.36. The van der Waals surface area contributed by atoms with Crippen molar-refractivity contribution in [2.45, 2.75) is 64.3 Å². The molecule has 19 heavy (non-hydrogen) atoms. The first kappa shape index (κ1) is 14.6. The maximum absolute atomic E-state index is 3.81. The van der Waals surface area contributed by atoms with E-state index in [1.165, 1.54) is 37.7 Å². The van der Waals surface area contributed by atoms with Crippen LogP contribution in [0, 0.1) is 5.92 Å². The van der Waals surface area contributed by atoms with Gasteiger partial charge in [0.25, 0.3) is 0 Å². The molecule has 0 amide bonds. The van der Waals surface area contributed by atoms with Gasteiger partial charge in [-0.05, 0) is 30.9 Å². The zero-order chi connectivity index (χ0) is 13.7. The Hall–Kier alpha value is -0.820. The molecule has 0 radical (unpaired) electrons. The van der Waals surface area contributed by atoms with Gasteiger partial charge < -0.3 is 5.32 Å². The van der Waals surface area contributed by atoms with Crippen molar-refractivity contribution in [2.75, 3.05) is 6.54 Å². The van der Waals surface area contributed by atoms with Crippen LogP contribution in [-0.2, 0) is 5.41 Å². The highest BCUT2D eigenvalue weighted by molar-refractivity contribution is 5.26. The van der Waals surface area contributed by atoms with Gasteiger partial charge in [0.15, 0.2) is 0 Å². The molecule has 0 heterocycles. The van der Waals surface area contributed by atoms with Crippen LogP contribution < -0.4 is 5.32 Å². The summed E-state index contributed by atoms with van der Waals surface area (Å²) in [5, 5.41) is 3.81. The van der Waals surface area contributed by atoms with E-state index in [1.807, 2.05) is 0 Å². The van der Waals surface area contributed by atoms with Crippen LogP contribution in [0.2, 0.25) is 0 Å². The van der Waals surface area contributed by atoms with Gasteiger partial charge in [0.05, 0.1) is 0 Å². The summed E-state index contributed by atoms with van der Waals surface area (Å²) in [5.74, 6) is 0.956. The van der Waals surface area contributed by atoms with Crippen LogP contribution in [0.5, 0.6) is 0 Å². The van der Waals surface area contributed by atoms with E-state index in [0.29, 0.717) is 6.04 Å². The zero-order valence-electron chi connectivity index (χ0n) is 12.8. The van der Waals surface area contributed by atoms with Crippen LogP contribution in [0.3, 0.4) is 0 Å². The van der Waals surface area contributed by atoms with E-state index in [-0.39, 0.29) is 5.41 Å². The number of hydrogen-bond acceptors (Lipinski definition) is 1. The Bertz CT molecular complexity index is 365. The maximum atomic E-state index is 3.81. The number of benzene rings is 1. The fourth-order valence-electron chi connectivity index (χ4n) is 3.08. The van der Waals surface area contributed by atoms with Gasteiger partial charge in [0.1, 0.15) is 0 Å². The minimum Gasteiger partial charge on any atom is -0.313 e. The Morgan fingerprint density at radius 3 is 2.42 bits per heavy atom. The van der Waals surface area contributed by atoms with Gasteiger partial charge in [-0.25, -0.2) is 0 Å². The highest BCUT2D eigenvalue weighted by Gasteiger charge is 2.33. The van der Waals surface area contributed by atoms with Gasteiger partial charge in [-0.15, -0.1) is 0 Å². The first-order valence-corrected chi connectivity index (χ1v) is 7.93. The number of hydrogen-bond donors (Lipinski definition) is 1. The van der Waals surface area contributed by atoms with Crippen LogP contribution >= 0.6 is 0 Å². The van der Waals surface area contributed by atoms with Crippen LogP contribution in [0.4, 0.5) is 0 Å². The molecule has 0 spiro atoms. The topological polar surface area (TPSA) is 12.0 Å². The number of nitrogens with one attached hydrogen (secondary N) is 1. The van der Waals surface area contributed by atoms with Crippen LogP contribution in [0.1, 0.15) is 58.4 Å². The van der Waals surface area contributed by atoms with Crippen molar-refractivity contribution < 1.29 is 0 Å². The van der Waals surface area contributed by atoms with Gasteiger partial charge in [0, 0.05) is 11.5 Å². The lowest BCUT2D eigenvalue weighted by molar-refractivity contribution is 0.215. The van der Waals surface area contributed by atoms with Crippen LogP contribution in [-0.4, -0.2) is 12.6 Å². The van der Waals surface area contributed by atoms with Crippen LogP contribution in [0.15, 0.2) is 30.3 Å². The molecule has 0 aromatic heterocycles. The van der Waals surface area contributed by atoms with Gasteiger partial charge >= 0.3 is 0 Å². The largest absolute Gasteiger partial charge is 0.313 e. The zero-order valence-corrected chi connectivity index (χ0v) is 12.8. The van der Waals surface area contributed by atoms with Gasteiger partial charge in [0.2, 0.25) is 0 Å². The smallest absolute Gasteiger partial charge is 0.0161 e. The van der Waals surface area contributed by atoms with E-state index < -0.39 is 0 Å². The minimum absolute atomic E-state index is 0.214. The second-order valence-corrected chi connectivity index (χ2v) is 6.63. The quantitative estimate of drug-likeness (QED) is 0.759. The average Bonchev–Trinajstić information content (AvgIpc) is 2.37. The Balaban J connectivity index is 2.09. The normalized spacial score (nSPS) is 18.1. The molecule has 2 rings (SSSR count). The van der Waals surface area contributed by atoms with E-state index in [0.717, 1.165) is 12.5 Å². The molecule has 1 aromatic carbocycles. The average molecular weight is 259 g/mol. The molecule has 1 atom stereocenters. The van der Waals surface area contributed by atoms with E-state index in [9.17, 15) is 0 Å². The molecule has 0 aliphatic heterocycles. The predicted octanol–water partition coefficient (Wildman–Crippen LogP) is 4.52.